The number of carbonyl (C=O) groups excluding carboxylic acids is 1. The maximum atomic E-state index is 13.1. The maximum Gasteiger partial charge on any atom is 0.231 e. The van der Waals surface area contributed by atoms with Crippen molar-refractivity contribution in [1.29, 1.82) is 0 Å². The minimum atomic E-state index is 0.0381. The Labute approximate surface area is 164 Å². The molecular formula is C21H22Cl2N2O. The van der Waals surface area contributed by atoms with Gasteiger partial charge in [-0.25, -0.2) is 0 Å². The van der Waals surface area contributed by atoms with E-state index in [2.05, 4.69) is 17.0 Å². The zero-order valence-electron chi connectivity index (χ0n) is 14.6. The molecule has 2 heterocycles. The minimum Gasteiger partial charge on any atom is -0.312 e. The monoisotopic (exact) mass is 388 g/mol. The van der Waals surface area contributed by atoms with Crippen molar-refractivity contribution in [1.82, 2.24) is 4.90 Å². The van der Waals surface area contributed by atoms with Crippen LogP contribution < -0.4 is 4.90 Å². The van der Waals surface area contributed by atoms with E-state index in [1.807, 2.05) is 35.2 Å². The Hall–Kier alpha value is -1.55. The van der Waals surface area contributed by atoms with Crippen molar-refractivity contribution < 1.29 is 4.79 Å². The fraction of sp³-hybridized carbons (Fsp3) is 0.381. The predicted molar refractivity (Wildman–Crippen MR) is 107 cm³/mol. The molecule has 2 aromatic rings. The Kier molecular flexibility index (Phi) is 5.21. The summed E-state index contributed by atoms with van der Waals surface area (Å²) in [7, 11) is 0. The molecule has 5 heteroatoms. The molecule has 1 atom stereocenters. The van der Waals surface area contributed by atoms with Crippen LogP contribution in [0.5, 0.6) is 0 Å². The third-order valence-electron chi connectivity index (χ3n) is 5.45. The lowest BCUT2D eigenvalue weighted by Gasteiger charge is -2.34. The van der Waals surface area contributed by atoms with E-state index in [9.17, 15) is 4.79 Å². The van der Waals surface area contributed by atoms with Crippen molar-refractivity contribution in [2.45, 2.75) is 25.8 Å². The first-order valence-corrected chi connectivity index (χ1v) is 9.93. The van der Waals surface area contributed by atoms with Crippen LogP contribution in [0.3, 0.4) is 0 Å². The number of halogens is 2. The summed E-state index contributed by atoms with van der Waals surface area (Å²) in [5.41, 5.74) is 3.32. The molecule has 1 fully saturated rings. The third kappa shape index (κ3) is 3.48. The summed E-state index contributed by atoms with van der Waals surface area (Å²) in [5, 5.41) is 1.39. The van der Waals surface area contributed by atoms with E-state index < -0.39 is 0 Å². The smallest absolute Gasteiger partial charge is 0.231 e. The molecule has 2 aromatic carbocycles. The molecule has 4 rings (SSSR count). The van der Waals surface area contributed by atoms with Crippen LogP contribution in [0.2, 0.25) is 10.0 Å². The fourth-order valence-corrected chi connectivity index (χ4v) is 4.61. The summed E-state index contributed by atoms with van der Waals surface area (Å²) in [6.45, 7) is 3.23. The molecule has 0 aliphatic carbocycles. The number of piperidine rings is 1. The predicted octanol–water partition coefficient (Wildman–Crippen LogP) is 4.79. The second kappa shape index (κ2) is 7.59. The van der Waals surface area contributed by atoms with Crippen LogP contribution in [-0.4, -0.2) is 30.4 Å². The van der Waals surface area contributed by atoms with Gasteiger partial charge in [-0.1, -0.05) is 47.5 Å². The summed E-state index contributed by atoms with van der Waals surface area (Å²) in [6.07, 6.45) is 2.92. The van der Waals surface area contributed by atoms with Crippen LogP contribution in [0.15, 0.2) is 42.5 Å². The molecule has 3 nitrogen and oxygen atoms in total. The van der Waals surface area contributed by atoms with Gasteiger partial charge in [-0.15, -0.1) is 0 Å². The molecule has 0 N–H and O–H groups in total. The van der Waals surface area contributed by atoms with Crippen LogP contribution in [-0.2, 0) is 17.8 Å². The highest BCUT2D eigenvalue weighted by molar-refractivity contribution is 6.35. The molecule has 1 amide bonds. The second-order valence-electron chi connectivity index (χ2n) is 7.14. The van der Waals surface area contributed by atoms with Crippen LogP contribution >= 0.6 is 23.2 Å². The van der Waals surface area contributed by atoms with E-state index in [1.54, 1.807) is 0 Å². The van der Waals surface area contributed by atoms with Crippen molar-refractivity contribution in [2.24, 2.45) is 5.92 Å². The number of amides is 1. The summed E-state index contributed by atoms with van der Waals surface area (Å²) < 4.78 is 0. The highest BCUT2D eigenvalue weighted by atomic mass is 35.5. The summed E-state index contributed by atoms with van der Waals surface area (Å²) in [6, 6.07) is 13.8. The number of nitrogens with zero attached hydrogens (tertiary/aromatic N) is 2. The summed E-state index contributed by atoms with van der Waals surface area (Å²) in [5.74, 6) is 0.293. The van der Waals surface area contributed by atoms with Gasteiger partial charge < -0.3 is 4.90 Å². The average Bonchev–Trinajstić information content (AvgIpc) is 3.09. The molecule has 2 aliphatic heterocycles. The zero-order valence-corrected chi connectivity index (χ0v) is 16.1. The Balaban J connectivity index is 1.46. The van der Waals surface area contributed by atoms with Crippen molar-refractivity contribution in [3.05, 3.63) is 63.6 Å². The molecular weight excluding hydrogens is 367 g/mol. The largest absolute Gasteiger partial charge is 0.312 e. The van der Waals surface area contributed by atoms with Crippen molar-refractivity contribution in [2.75, 3.05) is 24.5 Å². The van der Waals surface area contributed by atoms with Gasteiger partial charge in [-0.05, 0) is 49.6 Å². The van der Waals surface area contributed by atoms with Gasteiger partial charge in [0.1, 0.15) is 0 Å². The lowest BCUT2D eigenvalue weighted by molar-refractivity contribution is -0.124. The molecule has 136 valence electrons. The number of para-hydroxylation sites is 1. The van der Waals surface area contributed by atoms with Crippen LogP contribution in [0.25, 0.3) is 0 Å². The summed E-state index contributed by atoms with van der Waals surface area (Å²) in [4.78, 5) is 17.4. The molecule has 1 unspecified atom stereocenters. The molecule has 0 bridgehead atoms. The van der Waals surface area contributed by atoms with Crippen molar-refractivity contribution in [3.63, 3.8) is 0 Å². The van der Waals surface area contributed by atoms with Crippen molar-refractivity contribution >= 4 is 34.8 Å². The molecule has 2 aliphatic rings. The van der Waals surface area contributed by atoms with Gasteiger partial charge in [0.25, 0.3) is 0 Å². The van der Waals surface area contributed by atoms with E-state index in [1.165, 1.54) is 5.56 Å². The third-order valence-corrected chi connectivity index (χ3v) is 6.16. The molecule has 0 radical (unpaired) electrons. The molecule has 1 saturated heterocycles. The first kappa shape index (κ1) is 17.8. The number of anilines is 1. The normalized spacial score (nSPS) is 20.2. The van der Waals surface area contributed by atoms with E-state index in [0.717, 1.165) is 50.1 Å². The summed E-state index contributed by atoms with van der Waals surface area (Å²) >= 11 is 12.6. The number of hydrogen-bond acceptors (Lipinski definition) is 2. The number of benzene rings is 2. The Morgan fingerprint density at radius 2 is 1.81 bits per heavy atom. The van der Waals surface area contributed by atoms with Gasteiger partial charge in [0, 0.05) is 40.9 Å². The molecule has 0 spiro atoms. The lowest BCUT2D eigenvalue weighted by atomic mass is 9.96. The van der Waals surface area contributed by atoms with Gasteiger partial charge in [-0.2, -0.15) is 0 Å². The quantitative estimate of drug-likeness (QED) is 0.753. The second-order valence-corrected chi connectivity index (χ2v) is 7.96. The van der Waals surface area contributed by atoms with Crippen LogP contribution in [0.1, 0.15) is 24.0 Å². The fourth-order valence-electron chi connectivity index (χ4n) is 4.10. The highest BCUT2D eigenvalue weighted by Crippen LogP contribution is 2.32. The Morgan fingerprint density at radius 3 is 2.62 bits per heavy atom. The van der Waals surface area contributed by atoms with Gasteiger partial charge in [0.15, 0.2) is 0 Å². The number of likely N-dealkylation sites (tertiary alicyclic amines) is 1. The first-order chi connectivity index (χ1) is 12.6. The van der Waals surface area contributed by atoms with Crippen LogP contribution in [0.4, 0.5) is 5.69 Å². The first-order valence-electron chi connectivity index (χ1n) is 9.18. The highest BCUT2D eigenvalue weighted by Gasteiger charge is 2.33. The lowest BCUT2D eigenvalue weighted by Crippen LogP contribution is -2.44. The Bertz CT molecular complexity index is 803. The van der Waals surface area contributed by atoms with Gasteiger partial charge in [0.2, 0.25) is 5.91 Å². The minimum absolute atomic E-state index is 0.0381. The van der Waals surface area contributed by atoms with E-state index in [-0.39, 0.29) is 11.8 Å². The van der Waals surface area contributed by atoms with Gasteiger partial charge in [0.05, 0.1) is 5.92 Å². The SMILES string of the molecule is O=C(C1CCCN(Cc2c(Cl)cccc2Cl)C1)N1CCc2ccccc21. The Morgan fingerprint density at radius 1 is 1.04 bits per heavy atom. The van der Waals surface area contributed by atoms with Crippen molar-refractivity contribution in [3.8, 4) is 0 Å². The van der Waals surface area contributed by atoms with Gasteiger partial charge >= 0.3 is 0 Å². The maximum absolute atomic E-state index is 13.1. The number of carbonyl (C=O) groups is 1. The van der Waals surface area contributed by atoms with E-state index >= 15 is 0 Å². The van der Waals surface area contributed by atoms with E-state index in [0.29, 0.717) is 16.6 Å². The molecule has 26 heavy (non-hydrogen) atoms. The zero-order chi connectivity index (χ0) is 18.1. The average molecular weight is 389 g/mol. The standard InChI is InChI=1S/C21H22Cl2N2O/c22-18-7-3-8-19(23)17(18)14-24-11-4-6-16(13-24)21(26)25-12-10-15-5-1-2-9-20(15)25/h1-3,5,7-9,16H,4,6,10-14H2. The number of rotatable bonds is 3. The number of fused-ring (bicyclic) bond motifs is 1. The topological polar surface area (TPSA) is 23.6 Å². The molecule has 0 saturated carbocycles. The van der Waals surface area contributed by atoms with E-state index in [4.69, 9.17) is 23.2 Å². The van der Waals surface area contributed by atoms with Gasteiger partial charge in [-0.3, -0.25) is 9.69 Å². The molecule has 0 aromatic heterocycles. The van der Waals surface area contributed by atoms with Crippen LogP contribution in [0, 0.1) is 5.92 Å². The number of hydrogen-bond donors (Lipinski definition) is 0.